The quantitative estimate of drug-likeness (QED) is 0.101. The zero-order valence-electron chi connectivity index (χ0n) is 36.8. The molecule has 3 aliphatic rings. The maximum atomic E-state index is 13.6. The van der Waals surface area contributed by atoms with Gasteiger partial charge in [0.2, 0.25) is 16.6 Å². The molecule has 0 bridgehead atoms. The van der Waals surface area contributed by atoms with Crippen LogP contribution in [-0.2, 0) is 0 Å². The zero-order chi connectivity index (χ0) is 43.4. The normalized spacial score (nSPS) is 19.2. The molecule has 60 heavy (non-hydrogen) atoms. The van der Waals surface area contributed by atoms with E-state index in [1.165, 1.54) is 9.80 Å². The summed E-state index contributed by atoms with van der Waals surface area (Å²) in [6.07, 6.45) is 1.65. The summed E-state index contributed by atoms with van der Waals surface area (Å²) in [4.78, 5) is 56.7. The first kappa shape index (κ1) is 42.9. The van der Waals surface area contributed by atoms with E-state index in [2.05, 4.69) is 103 Å². The fourth-order valence-corrected chi connectivity index (χ4v) is 10.0. The number of fused-ring (bicyclic) bond motifs is 3. The van der Waals surface area contributed by atoms with Crippen molar-refractivity contribution in [2.75, 3.05) is 23.7 Å². The molecule has 2 N–H and O–H groups in total. The Kier molecular flexibility index (Phi) is 11.4. The molecule has 12 heteroatoms. The van der Waals surface area contributed by atoms with Crippen LogP contribution >= 0.6 is 0 Å². The van der Waals surface area contributed by atoms with Gasteiger partial charge in [0, 0.05) is 48.6 Å². The molecule has 7 rings (SSSR count). The van der Waals surface area contributed by atoms with Crippen molar-refractivity contribution in [3.05, 3.63) is 119 Å². The second-order valence-electron chi connectivity index (χ2n) is 19.6. The minimum Gasteiger partial charge on any atom is -0.543 e. The second kappa shape index (κ2) is 16.0. The Balaban J connectivity index is 1.24. The van der Waals surface area contributed by atoms with Gasteiger partial charge in [0.15, 0.2) is 0 Å². The summed E-state index contributed by atoms with van der Waals surface area (Å²) >= 11 is 0. The summed E-state index contributed by atoms with van der Waals surface area (Å²) in [5.74, 6) is 0.354. The number of carbonyl (C=O) groups is 4. The first-order chi connectivity index (χ1) is 28.2. The van der Waals surface area contributed by atoms with Crippen LogP contribution in [0.5, 0.6) is 11.5 Å². The predicted octanol–water partition coefficient (Wildman–Crippen LogP) is 10.8. The molecule has 3 aliphatic heterocycles. The molecule has 0 aromatic heterocycles. The fourth-order valence-electron chi connectivity index (χ4n) is 7.96. The fraction of sp³-hybridized carbons (Fsp3) is 0.417. The van der Waals surface area contributed by atoms with E-state index in [1.807, 2.05) is 18.2 Å². The third kappa shape index (κ3) is 8.28. The molecule has 10 nitrogen and oxygen atoms in total. The van der Waals surface area contributed by atoms with E-state index in [9.17, 15) is 19.2 Å². The highest BCUT2D eigenvalue weighted by atomic mass is 28.4. The lowest BCUT2D eigenvalue weighted by atomic mass is 9.78. The smallest absolute Gasteiger partial charge is 0.261 e. The molecule has 0 spiro atoms. The maximum absolute atomic E-state index is 13.6. The number of amides is 4. The lowest BCUT2D eigenvalue weighted by Gasteiger charge is -2.43. The summed E-state index contributed by atoms with van der Waals surface area (Å²) in [6, 6.07) is 27.9. The van der Waals surface area contributed by atoms with Crippen LogP contribution in [0.4, 0.5) is 11.4 Å². The molecule has 0 unspecified atom stereocenters. The third-order valence-electron chi connectivity index (χ3n) is 13.5. The van der Waals surface area contributed by atoms with E-state index in [1.54, 1.807) is 48.5 Å². The SMILES string of the molecule is CC(C)(C)[Si](C)(C)Oc1cccc(N[C@H]2c3ccc(O[Si](C)(C)C(C)(C)C)cc3N[C@@H](CCCN3C(=O)c4ccccc4C3=O)[C@@H]2CCN2C(=O)c3ccccc3C2=O)c1. The van der Waals surface area contributed by atoms with Crippen LogP contribution in [0, 0.1) is 5.92 Å². The summed E-state index contributed by atoms with van der Waals surface area (Å²) in [5, 5.41) is 7.79. The number of imide groups is 2. The Morgan fingerprint density at radius 3 is 1.58 bits per heavy atom. The van der Waals surface area contributed by atoms with Crippen molar-refractivity contribution in [3.8, 4) is 11.5 Å². The van der Waals surface area contributed by atoms with Crippen LogP contribution in [0.15, 0.2) is 91.0 Å². The van der Waals surface area contributed by atoms with Crippen molar-refractivity contribution < 1.29 is 28.0 Å². The highest BCUT2D eigenvalue weighted by Crippen LogP contribution is 2.46. The van der Waals surface area contributed by atoms with Gasteiger partial charge in [0.25, 0.3) is 23.6 Å². The molecular formula is C48H60N4O6Si2. The van der Waals surface area contributed by atoms with Gasteiger partial charge in [0.05, 0.1) is 28.3 Å². The molecule has 316 valence electrons. The number of nitrogens with one attached hydrogen (secondary N) is 2. The van der Waals surface area contributed by atoms with Gasteiger partial charge < -0.3 is 19.5 Å². The topological polar surface area (TPSA) is 117 Å². The van der Waals surface area contributed by atoms with Crippen molar-refractivity contribution in [2.24, 2.45) is 5.92 Å². The van der Waals surface area contributed by atoms with Crippen molar-refractivity contribution in [1.29, 1.82) is 0 Å². The number of anilines is 2. The highest BCUT2D eigenvalue weighted by molar-refractivity contribution is 6.75. The highest BCUT2D eigenvalue weighted by Gasteiger charge is 2.43. The largest absolute Gasteiger partial charge is 0.543 e. The van der Waals surface area contributed by atoms with Crippen molar-refractivity contribution in [1.82, 2.24) is 9.80 Å². The second-order valence-corrected chi connectivity index (χ2v) is 29.0. The molecule has 0 aliphatic carbocycles. The van der Waals surface area contributed by atoms with Gasteiger partial charge >= 0.3 is 0 Å². The molecule has 0 saturated heterocycles. The van der Waals surface area contributed by atoms with Gasteiger partial charge in [-0.3, -0.25) is 29.0 Å². The van der Waals surface area contributed by atoms with E-state index in [-0.39, 0.29) is 64.8 Å². The Bertz CT molecular complexity index is 2260. The lowest BCUT2D eigenvalue weighted by Crippen LogP contribution is -2.45. The van der Waals surface area contributed by atoms with E-state index in [4.69, 9.17) is 8.85 Å². The molecule has 3 heterocycles. The van der Waals surface area contributed by atoms with Crippen molar-refractivity contribution in [3.63, 3.8) is 0 Å². The predicted molar refractivity (Wildman–Crippen MR) is 243 cm³/mol. The van der Waals surface area contributed by atoms with Crippen LogP contribution in [0.3, 0.4) is 0 Å². The monoisotopic (exact) mass is 844 g/mol. The number of rotatable bonds is 13. The molecule has 0 fully saturated rings. The van der Waals surface area contributed by atoms with Gasteiger partial charge in [-0.05, 0) is 104 Å². The Morgan fingerprint density at radius 1 is 0.600 bits per heavy atom. The van der Waals surface area contributed by atoms with E-state index in [0.29, 0.717) is 41.5 Å². The summed E-state index contributed by atoms with van der Waals surface area (Å²) in [5.41, 5.74) is 4.58. The van der Waals surface area contributed by atoms with Crippen LogP contribution < -0.4 is 19.5 Å². The maximum Gasteiger partial charge on any atom is 0.261 e. The van der Waals surface area contributed by atoms with E-state index < -0.39 is 16.6 Å². The standard InChI is InChI=1S/C48H60N4O6Si2/c1-47(2,3)59(7,8)57-32-18-15-17-31(29-32)49-42-38-25-24-33(58-60(9,10)48(4,5)6)30-41(38)50-40(23-16-27-51-43(53)34-19-11-12-20-35(34)44(51)54)39(42)26-28-52-45(55)36-21-13-14-22-37(36)46(52)56/h11-15,17-22,24-25,29-30,39-40,42,49-50H,16,23,26-28H2,1-10H3/t39-,40-,42-/m0/s1. The average Bonchev–Trinajstić information content (AvgIpc) is 3.56. The summed E-state index contributed by atoms with van der Waals surface area (Å²) < 4.78 is 13.6. The first-order valence-electron chi connectivity index (χ1n) is 21.2. The molecular weight excluding hydrogens is 785 g/mol. The van der Waals surface area contributed by atoms with E-state index >= 15 is 0 Å². The van der Waals surface area contributed by atoms with Crippen molar-refractivity contribution in [2.45, 2.75) is 109 Å². The molecule has 4 aromatic carbocycles. The van der Waals surface area contributed by atoms with Gasteiger partial charge in [-0.15, -0.1) is 0 Å². The minimum absolute atomic E-state index is 0.000243. The van der Waals surface area contributed by atoms with Crippen LogP contribution in [0.25, 0.3) is 0 Å². The number of nitrogens with zero attached hydrogens (tertiary/aromatic N) is 2. The Labute approximate surface area is 357 Å². The van der Waals surface area contributed by atoms with Gasteiger partial charge in [-0.25, -0.2) is 0 Å². The molecule has 4 aromatic rings. The van der Waals surface area contributed by atoms with Crippen LogP contribution in [0.2, 0.25) is 36.3 Å². The Morgan fingerprint density at radius 2 is 1.08 bits per heavy atom. The molecule has 0 radical (unpaired) electrons. The summed E-state index contributed by atoms with van der Waals surface area (Å²) in [7, 11) is -4.31. The Hall–Kier alpha value is -5.21. The van der Waals surface area contributed by atoms with Gasteiger partial charge in [0.1, 0.15) is 11.5 Å². The molecule has 3 atom stereocenters. The van der Waals surface area contributed by atoms with Crippen molar-refractivity contribution >= 4 is 51.6 Å². The average molecular weight is 845 g/mol. The summed E-state index contributed by atoms with van der Waals surface area (Å²) in [6.45, 7) is 22.8. The van der Waals surface area contributed by atoms with Gasteiger partial charge in [-0.1, -0.05) is 77.9 Å². The first-order valence-corrected chi connectivity index (χ1v) is 27.0. The van der Waals surface area contributed by atoms with Crippen LogP contribution in [0.1, 0.15) is 114 Å². The molecule has 0 saturated carbocycles. The minimum atomic E-state index is -2.18. The number of benzene rings is 4. The number of carbonyl (C=O) groups excluding carboxylic acids is 4. The molecule has 4 amide bonds. The number of hydrogen-bond acceptors (Lipinski definition) is 8. The van der Waals surface area contributed by atoms with E-state index in [0.717, 1.165) is 28.4 Å². The lowest BCUT2D eigenvalue weighted by molar-refractivity contribution is 0.0635. The third-order valence-corrected chi connectivity index (χ3v) is 22.2. The van der Waals surface area contributed by atoms with Gasteiger partial charge in [-0.2, -0.15) is 0 Å². The number of hydrogen-bond donors (Lipinski definition) is 2. The van der Waals surface area contributed by atoms with Crippen LogP contribution in [-0.4, -0.2) is 69.2 Å². The zero-order valence-corrected chi connectivity index (χ0v) is 38.8.